The molecule has 3 heteroatoms. The van der Waals surface area contributed by atoms with Crippen LogP contribution in [0.1, 0.15) is 39.5 Å². The summed E-state index contributed by atoms with van der Waals surface area (Å²) >= 11 is 0. The molecule has 0 amide bonds. The van der Waals surface area contributed by atoms with Crippen LogP contribution in [0.4, 0.5) is 0 Å². The van der Waals surface area contributed by atoms with Crippen LogP contribution in [-0.4, -0.2) is 34.1 Å². The van der Waals surface area contributed by atoms with E-state index in [4.69, 9.17) is 5.11 Å². The van der Waals surface area contributed by atoms with E-state index in [2.05, 4.69) is 18.7 Å². The zero-order valence-corrected chi connectivity index (χ0v) is 8.94. The number of carboxylic acids is 1. The fourth-order valence-electron chi connectivity index (χ4n) is 3.26. The van der Waals surface area contributed by atoms with Gasteiger partial charge in [0.05, 0.1) is 5.92 Å². The number of hydrogen-bond donors (Lipinski definition) is 1. The molecule has 2 rings (SSSR count). The Morgan fingerprint density at radius 1 is 1.29 bits per heavy atom. The maximum Gasteiger partial charge on any atom is 0.306 e. The first kappa shape index (κ1) is 9.97. The zero-order chi connectivity index (χ0) is 10.3. The number of fused-ring (bicyclic) bond motifs is 2. The molecule has 0 aromatic heterocycles. The van der Waals surface area contributed by atoms with E-state index in [1.54, 1.807) is 0 Å². The quantitative estimate of drug-likeness (QED) is 0.732. The van der Waals surface area contributed by atoms with Gasteiger partial charge in [-0.05, 0) is 39.5 Å². The molecule has 0 spiro atoms. The van der Waals surface area contributed by atoms with Crippen molar-refractivity contribution < 1.29 is 9.90 Å². The highest BCUT2D eigenvalue weighted by atomic mass is 16.4. The summed E-state index contributed by atoms with van der Waals surface area (Å²) in [5.41, 5.74) is 0. The number of rotatable bonds is 2. The molecule has 0 aromatic rings. The number of carbonyl (C=O) groups is 1. The summed E-state index contributed by atoms with van der Waals surface area (Å²) in [4.78, 5) is 13.5. The molecule has 2 aliphatic heterocycles. The first-order valence-electron chi connectivity index (χ1n) is 5.60. The van der Waals surface area contributed by atoms with Crippen molar-refractivity contribution in [1.29, 1.82) is 0 Å². The number of carboxylic acid groups (broad SMARTS) is 1. The van der Waals surface area contributed by atoms with Crippen molar-refractivity contribution in [3.63, 3.8) is 0 Å². The molecular formula is C11H19NO2. The van der Waals surface area contributed by atoms with E-state index in [9.17, 15) is 4.79 Å². The molecule has 0 unspecified atom stereocenters. The summed E-state index contributed by atoms with van der Waals surface area (Å²) in [6.45, 7) is 4.43. The molecule has 2 aliphatic rings. The summed E-state index contributed by atoms with van der Waals surface area (Å²) in [6.07, 6.45) is 4.13. The van der Waals surface area contributed by atoms with Gasteiger partial charge in [-0.25, -0.2) is 0 Å². The Bertz CT molecular complexity index is 225. The van der Waals surface area contributed by atoms with Crippen molar-refractivity contribution in [3.05, 3.63) is 0 Å². The van der Waals surface area contributed by atoms with E-state index in [1.807, 2.05) is 0 Å². The Kier molecular flexibility index (Phi) is 2.52. The fourth-order valence-corrected chi connectivity index (χ4v) is 3.26. The summed E-state index contributed by atoms with van der Waals surface area (Å²) in [6, 6.07) is 1.65. The van der Waals surface area contributed by atoms with Crippen LogP contribution in [0, 0.1) is 5.92 Å². The van der Waals surface area contributed by atoms with E-state index < -0.39 is 5.97 Å². The standard InChI is InChI=1S/C11H19NO2/c1-7(2)12-9-3-4-10(12)6-8(5-9)11(13)14/h7-10H,3-6H2,1-2H3,(H,13,14)/t8-,9-,10+. The molecule has 0 aliphatic carbocycles. The highest BCUT2D eigenvalue weighted by Crippen LogP contribution is 2.39. The molecule has 1 N–H and O–H groups in total. The molecule has 3 atom stereocenters. The molecule has 2 heterocycles. The van der Waals surface area contributed by atoms with Crippen LogP contribution in [-0.2, 0) is 4.79 Å². The van der Waals surface area contributed by atoms with Crippen molar-refractivity contribution in [2.75, 3.05) is 0 Å². The maximum atomic E-state index is 10.9. The van der Waals surface area contributed by atoms with Crippen LogP contribution in [0.15, 0.2) is 0 Å². The monoisotopic (exact) mass is 197 g/mol. The van der Waals surface area contributed by atoms with Gasteiger partial charge in [-0.2, -0.15) is 0 Å². The summed E-state index contributed by atoms with van der Waals surface area (Å²) in [5, 5.41) is 9.01. The first-order valence-corrected chi connectivity index (χ1v) is 5.60. The summed E-state index contributed by atoms with van der Waals surface area (Å²) in [5.74, 6) is -0.673. The fraction of sp³-hybridized carbons (Fsp3) is 0.909. The molecule has 3 nitrogen and oxygen atoms in total. The minimum atomic E-state index is -0.592. The lowest BCUT2D eigenvalue weighted by Gasteiger charge is -2.40. The number of piperidine rings is 1. The molecule has 2 saturated heterocycles. The van der Waals surface area contributed by atoms with Gasteiger partial charge in [0.15, 0.2) is 0 Å². The first-order chi connectivity index (χ1) is 6.59. The normalized spacial score (nSPS) is 37.8. The highest BCUT2D eigenvalue weighted by Gasteiger charge is 2.43. The van der Waals surface area contributed by atoms with E-state index in [-0.39, 0.29) is 5.92 Å². The Morgan fingerprint density at radius 3 is 2.14 bits per heavy atom. The van der Waals surface area contributed by atoms with Gasteiger partial charge in [-0.15, -0.1) is 0 Å². The van der Waals surface area contributed by atoms with Gasteiger partial charge in [0.25, 0.3) is 0 Å². The van der Waals surface area contributed by atoms with E-state index in [0.717, 1.165) is 12.8 Å². The van der Waals surface area contributed by atoms with Crippen molar-refractivity contribution >= 4 is 5.97 Å². The van der Waals surface area contributed by atoms with Crippen molar-refractivity contribution in [1.82, 2.24) is 4.90 Å². The third-order valence-corrected chi connectivity index (χ3v) is 3.74. The average molecular weight is 197 g/mol. The summed E-state index contributed by atoms with van der Waals surface area (Å²) in [7, 11) is 0. The smallest absolute Gasteiger partial charge is 0.306 e. The molecule has 0 radical (unpaired) electrons. The lowest BCUT2D eigenvalue weighted by Crippen LogP contribution is -2.48. The zero-order valence-electron chi connectivity index (χ0n) is 8.94. The Labute approximate surface area is 85.1 Å². The topological polar surface area (TPSA) is 40.5 Å². The maximum absolute atomic E-state index is 10.9. The number of aliphatic carboxylic acids is 1. The third-order valence-electron chi connectivity index (χ3n) is 3.74. The molecule has 0 saturated carbocycles. The van der Waals surface area contributed by atoms with Crippen LogP contribution < -0.4 is 0 Å². The molecule has 14 heavy (non-hydrogen) atoms. The second-order valence-electron chi connectivity index (χ2n) is 4.93. The molecule has 2 bridgehead atoms. The third kappa shape index (κ3) is 1.54. The molecule has 80 valence electrons. The van der Waals surface area contributed by atoms with Crippen LogP contribution in [0.25, 0.3) is 0 Å². The lowest BCUT2D eigenvalue weighted by molar-refractivity contribution is -0.144. The molecular weight excluding hydrogens is 178 g/mol. The Balaban J connectivity index is 2.08. The van der Waals surface area contributed by atoms with Crippen LogP contribution in [0.5, 0.6) is 0 Å². The van der Waals surface area contributed by atoms with E-state index in [0.29, 0.717) is 18.1 Å². The average Bonchev–Trinajstić information content (AvgIpc) is 2.37. The second kappa shape index (κ2) is 3.54. The van der Waals surface area contributed by atoms with Crippen LogP contribution in [0.2, 0.25) is 0 Å². The van der Waals surface area contributed by atoms with E-state index in [1.165, 1.54) is 12.8 Å². The van der Waals surface area contributed by atoms with E-state index >= 15 is 0 Å². The van der Waals surface area contributed by atoms with Gasteiger partial charge in [0, 0.05) is 18.1 Å². The van der Waals surface area contributed by atoms with Crippen molar-refractivity contribution in [2.24, 2.45) is 5.92 Å². The van der Waals surface area contributed by atoms with Crippen molar-refractivity contribution in [2.45, 2.75) is 57.7 Å². The minimum absolute atomic E-state index is 0.0810. The second-order valence-corrected chi connectivity index (χ2v) is 4.93. The lowest BCUT2D eigenvalue weighted by atomic mass is 9.90. The number of hydrogen-bond acceptors (Lipinski definition) is 2. The molecule has 0 aromatic carbocycles. The molecule has 2 fully saturated rings. The Hall–Kier alpha value is -0.570. The minimum Gasteiger partial charge on any atom is -0.481 e. The summed E-state index contributed by atoms with van der Waals surface area (Å²) < 4.78 is 0. The van der Waals surface area contributed by atoms with Gasteiger partial charge < -0.3 is 5.11 Å². The largest absolute Gasteiger partial charge is 0.481 e. The van der Waals surface area contributed by atoms with Crippen LogP contribution >= 0.6 is 0 Å². The predicted molar refractivity (Wildman–Crippen MR) is 54.1 cm³/mol. The Morgan fingerprint density at radius 2 is 1.79 bits per heavy atom. The number of nitrogens with zero attached hydrogens (tertiary/aromatic N) is 1. The predicted octanol–water partition coefficient (Wildman–Crippen LogP) is 1.72. The SMILES string of the molecule is CC(C)N1[C@@H]2CC[C@H]1C[C@H](C(=O)O)C2. The van der Waals surface area contributed by atoms with Gasteiger partial charge in [-0.1, -0.05) is 0 Å². The van der Waals surface area contributed by atoms with Gasteiger partial charge >= 0.3 is 5.97 Å². The van der Waals surface area contributed by atoms with Gasteiger partial charge in [-0.3, -0.25) is 9.69 Å². The highest BCUT2D eigenvalue weighted by molar-refractivity contribution is 5.70. The van der Waals surface area contributed by atoms with Gasteiger partial charge in [0.1, 0.15) is 0 Å². The van der Waals surface area contributed by atoms with Crippen molar-refractivity contribution in [3.8, 4) is 0 Å². The van der Waals surface area contributed by atoms with Gasteiger partial charge in [0.2, 0.25) is 0 Å². The van der Waals surface area contributed by atoms with Crippen LogP contribution in [0.3, 0.4) is 0 Å².